The summed E-state index contributed by atoms with van der Waals surface area (Å²) in [7, 11) is 2.04. The van der Waals surface area contributed by atoms with Crippen molar-refractivity contribution in [3.8, 4) is 0 Å². The van der Waals surface area contributed by atoms with Gasteiger partial charge in [0, 0.05) is 17.5 Å². The van der Waals surface area contributed by atoms with E-state index in [2.05, 4.69) is 17.6 Å². The lowest BCUT2D eigenvalue weighted by atomic mass is 9.81. The Morgan fingerprint density at radius 1 is 1.11 bits per heavy atom. The van der Waals surface area contributed by atoms with Crippen LogP contribution in [-0.4, -0.2) is 25.0 Å². The van der Waals surface area contributed by atoms with Crippen molar-refractivity contribution in [2.75, 3.05) is 7.05 Å². The first-order valence-corrected chi connectivity index (χ1v) is 7.68. The molecule has 0 heterocycles. The Hall–Kier alpha value is -0.570. The van der Waals surface area contributed by atoms with Crippen LogP contribution in [0.5, 0.6) is 0 Å². The lowest BCUT2D eigenvalue weighted by Gasteiger charge is -2.33. The lowest BCUT2D eigenvalue weighted by molar-refractivity contribution is -0.132. The van der Waals surface area contributed by atoms with Crippen molar-refractivity contribution in [3.63, 3.8) is 0 Å². The second-order valence-electron chi connectivity index (χ2n) is 6.15. The molecule has 2 fully saturated rings. The topological polar surface area (TPSA) is 41.1 Å². The van der Waals surface area contributed by atoms with Crippen LogP contribution in [0, 0.1) is 5.41 Å². The van der Waals surface area contributed by atoms with Crippen LogP contribution in [0.4, 0.5) is 0 Å². The van der Waals surface area contributed by atoms with Crippen molar-refractivity contribution in [3.05, 3.63) is 0 Å². The molecule has 0 aromatic rings. The highest BCUT2D eigenvalue weighted by Crippen LogP contribution is 2.41. The van der Waals surface area contributed by atoms with Gasteiger partial charge in [0.1, 0.15) is 0 Å². The first kappa shape index (κ1) is 13.9. The van der Waals surface area contributed by atoms with E-state index in [1.807, 2.05) is 7.05 Å². The van der Waals surface area contributed by atoms with Gasteiger partial charge in [-0.3, -0.25) is 4.79 Å². The third-order valence-corrected chi connectivity index (χ3v) is 5.19. The highest BCUT2D eigenvalue weighted by molar-refractivity contribution is 5.83. The number of carbonyl (C=O) groups is 1. The molecule has 0 atom stereocenters. The molecule has 0 radical (unpaired) electrons. The molecular weight excluding hydrogens is 224 g/mol. The smallest absolute Gasteiger partial charge is 0.226 e. The Bertz CT molecular complexity index is 276. The minimum Gasteiger partial charge on any atom is -0.353 e. The van der Waals surface area contributed by atoms with Crippen LogP contribution in [0.15, 0.2) is 0 Å². The summed E-state index contributed by atoms with van der Waals surface area (Å²) in [4.78, 5) is 12.5. The largest absolute Gasteiger partial charge is 0.353 e. The average Bonchev–Trinajstić information content (AvgIpc) is 2.89. The zero-order valence-corrected chi connectivity index (χ0v) is 11.9. The number of amides is 1. The minimum atomic E-state index is -0.0279. The standard InChI is InChI=1S/C15H28N2O/c1-3-15(10-4-5-11-15)14(18)17-13-8-6-12(16-2)7-9-13/h12-13,16H,3-11H2,1-2H3,(H,17,18). The van der Waals surface area contributed by atoms with Crippen LogP contribution >= 0.6 is 0 Å². The fourth-order valence-corrected chi connectivity index (χ4v) is 3.66. The SMILES string of the molecule is CCC1(C(=O)NC2CCC(NC)CC2)CCCC1. The van der Waals surface area contributed by atoms with Crippen molar-refractivity contribution in [1.82, 2.24) is 10.6 Å². The van der Waals surface area contributed by atoms with E-state index in [1.165, 1.54) is 25.7 Å². The van der Waals surface area contributed by atoms with Gasteiger partial charge in [0.05, 0.1) is 0 Å². The van der Waals surface area contributed by atoms with Gasteiger partial charge in [-0.05, 0) is 52.0 Å². The van der Waals surface area contributed by atoms with E-state index in [4.69, 9.17) is 0 Å². The number of hydrogen-bond acceptors (Lipinski definition) is 2. The predicted octanol–water partition coefficient (Wildman–Crippen LogP) is 2.60. The third kappa shape index (κ3) is 2.87. The molecule has 2 aliphatic carbocycles. The van der Waals surface area contributed by atoms with Crippen LogP contribution in [0.1, 0.15) is 64.7 Å². The van der Waals surface area contributed by atoms with Gasteiger partial charge in [-0.1, -0.05) is 19.8 Å². The summed E-state index contributed by atoms with van der Waals surface area (Å²) in [6.07, 6.45) is 10.3. The summed E-state index contributed by atoms with van der Waals surface area (Å²) in [6, 6.07) is 1.08. The molecule has 1 amide bonds. The summed E-state index contributed by atoms with van der Waals surface area (Å²) < 4.78 is 0. The number of nitrogens with one attached hydrogen (secondary N) is 2. The van der Waals surface area contributed by atoms with Gasteiger partial charge in [-0.15, -0.1) is 0 Å². The van der Waals surface area contributed by atoms with Crippen molar-refractivity contribution >= 4 is 5.91 Å². The van der Waals surface area contributed by atoms with E-state index in [0.29, 0.717) is 18.0 Å². The molecule has 2 aliphatic rings. The fourth-order valence-electron chi connectivity index (χ4n) is 3.66. The molecule has 0 saturated heterocycles. The molecule has 0 aromatic heterocycles. The molecule has 0 aliphatic heterocycles. The van der Waals surface area contributed by atoms with Gasteiger partial charge in [0.25, 0.3) is 0 Å². The van der Waals surface area contributed by atoms with E-state index in [-0.39, 0.29) is 5.41 Å². The van der Waals surface area contributed by atoms with Crippen LogP contribution in [0.25, 0.3) is 0 Å². The van der Waals surface area contributed by atoms with Crippen molar-refractivity contribution in [2.24, 2.45) is 5.41 Å². The first-order valence-electron chi connectivity index (χ1n) is 7.68. The van der Waals surface area contributed by atoms with Gasteiger partial charge in [0.2, 0.25) is 5.91 Å². The van der Waals surface area contributed by atoms with E-state index in [1.54, 1.807) is 0 Å². The van der Waals surface area contributed by atoms with E-state index in [9.17, 15) is 4.79 Å². The van der Waals surface area contributed by atoms with Crippen LogP contribution in [0.3, 0.4) is 0 Å². The van der Waals surface area contributed by atoms with Crippen molar-refractivity contribution in [1.29, 1.82) is 0 Å². The summed E-state index contributed by atoms with van der Waals surface area (Å²) in [5.74, 6) is 0.343. The molecule has 2 N–H and O–H groups in total. The third-order valence-electron chi connectivity index (χ3n) is 5.19. The number of hydrogen-bond donors (Lipinski definition) is 2. The predicted molar refractivity (Wildman–Crippen MR) is 74.4 cm³/mol. The van der Waals surface area contributed by atoms with Gasteiger partial charge in [-0.2, -0.15) is 0 Å². The van der Waals surface area contributed by atoms with Crippen molar-refractivity contribution in [2.45, 2.75) is 76.8 Å². The highest BCUT2D eigenvalue weighted by atomic mass is 16.2. The first-order chi connectivity index (χ1) is 8.70. The normalized spacial score (nSPS) is 31.2. The molecule has 0 bridgehead atoms. The molecular formula is C15H28N2O. The summed E-state index contributed by atoms with van der Waals surface area (Å²) in [5.41, 5.74) is -0.0279. The average molecular weight is 252 g/mol. The van der Waals surface area contributed by atoms with Crippen molar-refractivity contribution < 1.29 is 4.79 Å². The van der Waals surface area contributed by atoms with Crippen LogP contribution in [0.2, 0.25) is 0 Å². The van der Waals surface area contributed by atoms with E-state index in [0.717, 1.165) is 32.1 Å². The Kier molecular flexibility index (Phi) is 4.66. The molecule has 0 unspecified atom stereocenters. The summed E-state index contributed by atoms with van der Waals surface area (Å²) in [6.45, 7) is 2.17. The van der Waals surface area contributed by atoms with E-state index < -0.39 is 0 Å². The Morgan fingerprint density at radius 3 is 2.17 bits per heavy atom. The molecule has 0 aromatic carbocycles. The molecule has 3 heteroatoms. The molecule has 18 heavy (non-hydrogen) atoms. The Labute approximate surface area is 111 Å². The molecule has 3 nitrogen and oxygen atoms in total. The Morgan fingerprint density at radius 2 is 1.67 bits per heavy atom. The highest BCUT2D eigenvalue weighted by Gasteiger charge is 2.40. The zero-order valence-electron chi connectivity index (χ0n) is 11.9. The van der Waals surface area contributed by atoms with E-state index >= 15 is 0 Å². The quantitative estimate of drug-likeness (QED) is 0.807. The molecule has 2 rings (SSSR count). The van der Waals surface area contributed by atoms with Gasteiger partial charge < -0.3 is 10.6 Å². The number of rotatable bonds is 4. The second kappa shape index (κ2) is 6.05. The lowest BCUT2D eigenvalue weighted by Crippen LogP contribution is -2.47. The van der Waals surface area contributed by atoms with Gasteiger partial charge >= 0.3 is 0 Å². The monoisotopic (exact) mass is 252 g/mol. The zero-order chi connectivity index (χ0) is 13.0. The van der Waals surface area contributed by atoms with Crippen LogP contribution in [-0.2, 0) is 4.79 Å². The second-order valence-corrected chi connectivity index (χ2v) is 6.15. The molecule has 0 spiro atoms. The van der Waals surface area contributed by atoms with Crippen LogP contribution < -0.4 is 10.6 Å². The summed E-state index contributed by atoms with van der Waals surface area (Å²) >= 11 is 0. The minimum absolute atomic E-state index is 0.0279. The number of carbonyl (C=O) groups excluding carboxylic acids is 1. The fraction of sp³-hybridized carbons (Fsp3) is 0.933. The summed E-state index contributed by atoms with van der Waals surface area (Å²) in [5, 5.41) is 6.67. The maximum Gasteiger partial charge on any atom is 0.226 e. The molecule has 104 valence electrons. The maximum absolute atomic E-state index is 12.5. The molecule has 2 saturated carbocycles. The van der Waals surface area contributed by atoms with Gasteiger partial charge in [-0.25, -0.2) is 0 Å². The van der Waals surface area contributed by atoms with Gasteiger partial charge in [0.15, 0.2) is 0 Å². The maximum atomic E-state index is 12.5. The Balaban J connectivity index is 1.84.